The summed E-state index contributed by atoms with van der Waals surface area (Å²) in [6, 6.07) is 0. The van der Waals surface area contributed by atoms with Gasteiger partial charge in [0.2, 0.25) is 0 Å². The van der Waals surface area contributed by atoms with E-state index >= 15 is 0 Å². The van der Waals surface area contributed by atoms with Gasteiger partial charge in [-0.15, -0.1) is 0 Å². The van der Waals surface area contributed by atoms with Gasteiger partial charge in [-0.1, -0.05) is 20.8 Å². The van der Waals surface area contributed by atoms with Crippen LogP contribution in [0.25, 0.3) is 0 Å². The molecular weight excluding hydrogens is 188 g/mol. The summed E-state index contributed by atoms with van der Waals surface area (Å²) < 4.78 is 11.4. The Balaban J connectivity index is 3.68. The van der Waals surface area contributed by atoms with Crippen molar-refractivity contribution in [3.8, 4) is 0 Å². The molecule has 0 saturated heterocycles. The Kier molecular flexibility index (Phi) is 5.82. The van der Waals surface area contributed by atoms with Gasteiger partial charge in [-0.3, -0.25) is 0 Å². The van der Waals surface area contributed by atoms with Gasteiger partial charge in [0.05, 0.1) is 11.7 Å². The first-order chi connectivity index (χ1) is 6.67. The third-order valence-corrected chi connectivity index (χ3v) is 3.01. The molecule has 92 valence electrons. The van der Waals surface area contributed by atoms with Gasteiger partial charge >= 0.3 is 0 Å². The van der Waals surface area contributed by atoms with Gasteiger partial charge < -0.3 is 9.47 Å². The van der Waals surface area contributed by atoms with Crippen LogP contribution in [0.4, 0.5) is 0 Å². The number of hydrogen-bond donors (Lipinski definition) is 0. The quantitative estimate of drug-likeness (QED) is 0.631. The van der Waals surface area contributed by atoms with Crippen LogP contribution in [0.3, 0.4) is 0 Å². The fraction of sp³-hybridized carbons (Fsp3) is 1.00. The van der Waals surface area contributed by atoms with Crippen molar-refractivity contribution in [3.05, 3.63) is 0 Å². The molecule has 0 bridgehead atoms. The van der Waals surface area contributed by atoms with E-state index in [1.165, 1.54) is 0 Å². The van der Waals surface area contributed by atoms with E-state index in [1.807, 2.05) is 0 Å². The lowest BCUT2D eigenvalue weighted by molar-refractivity contribution is -0.0956. The highest BCUT2D eigenvalue weighted by Crippen LogP contribution is 2.32. The number of ether oxygens (including phenoxy) is 2. The van der Waals surface area contributed by atoms with Crippen LogP contribution in [-0.2, 0) is 9.47 Å². The zero-order chi connectivity index (χ0) is 12.1. The largest absolute Gasteiger partial charge is 0.379 e. The maximum absolute atomic E-state index is 5.90. The van der Waals surface area contributed by atoms with Crippen molar-refractivity contribution in [1.82, 2.24) is 0 Å². The van der Waals surface area contributed by atoms with E-state index in [9.17, 15) is 0 Å². The van der Waals surface area contributed by atoms with Crippen LogP contribution in [0.1, 0.15) is 54.9 Å². The average molecular weight is 216 g/mol. The van der Waals surface area contributed by atoms with Gasteiger partial charge in [-0.25, -0.2) is 0 Å². The Labute approximate surface area is 95.3 Å². The number of rotatable bonds is 6. The molecule has 0 aromatic carbocycles. The van der Waals surface area contributed by atoms with E-state index in [4.69, 9.17) is 9.47 Å². The van der Waals surface area contributed by atoms with Gasteiger partial charge in [0.1, 0.15) is 0 Å². The molecule has 2 heteroatoms. The summed E-state index contributed by atoms with van der Waals surface area (Å²) in [5.74, 6) is 0. The second kappa shape index (κ2) is 5.86. The predicted molar refractivity (Wildman–Crippen MR) is 65.2 cm³/mol. The summed E-state index contributed by atoms with van der Waals surface area (Å²) in [5, 5.41) is 0. The molecule has 0 saturated carbocycles. The molecule has 0 rings (SSSR count). The molecule has 0 spiro atoms. The molecular formula is C13H28O2. The first-order valence-electron chi connectivity index (χ1n) is 5.92. The third-order valence-electron chi connectivity index (χ3n) is 3.01. The zero-order valence-electron chi connectivity index (χ0n) is 11.5. The molecule has 2 nitrogen and oxygen atoms in total. The van der Waals surface area contributed by atoms with Crippen molar-refractivity contribution in [2.24, 2.45) is 5.41 Å². The molecule has 0 radical (unpaired) electrons. The molecule has 0 aliphatic heterocycles. The fourth-order valence-electron chi connectivity index (χ4n) is 0.922. The first kappa shape index (κ1) is 14.9. The van der Waals surface area contributed by atoms with Crippen molar-refractivity contribution in [2.75, 3.05) is 13.2 Å². The van der Waals surface area contributed by atoms with E-state index in [2.05, 4.69) is 48.5 Å². The smallest absolute Gasteiger partial charge is 0.0674 e. The Hall–Kier alpha value is -0.0800. The topological polar surface area (TPSA) is 18.5 Å². The standard InChI is InChI=1S/C13H28O2/c1-11(2)14-9-8-10-15-13(6,7)12(3,4)5/h11H,8-10H2,1-7H3. The normalized spacial score (nSPS) is 13.6. The highest BCUT2D eigenvalue weighted by atomic mass is 16.5. The molecule has 0 aliphatic carbocycles. The van der Waals surface area contributed by atoms with E-state index in [-0.39, 0.29) is 11.0 Å². The SMILES string of the molecule is CC(C)OCCCOC(C)(C)C(C)(C)C. The monoisotopic (exact) mass is 216 g/mol. The number of hydrogen-bond acceptors (Lipinski definition) is 2. The van der Waals surface area contributed by atoms with E-state index in [0.29, 0.717) is 6.10 Å². The lowest BCUT2D eigenvalue weighted by Crippen LogP contribution is -2.39. The maximum atomic E-state index is 5.90. The second-order valence-corrected chi connectivity index (χ2v) is 5.88. The Bertz CT molecular complexity index is 166. The predicted octanol–water partition coefficient (Wildman–Crippen LogP) is 3.64. The molecule has 0 heterocycles. The van der Waals surface area contributed by atoms with Crippen LogP contribution < -0.4 is 0 Å². The molecule has 15 heavy (non-hydrogen) atoms. The lowest BCUT2D eigenvalue weighted by atomic mass is 9.79. The highest BCUT2D eigenvalue weighted by molar-refractivity contribution is 4.83. The van der Waals surface area contributed by atoms with Crippen LogP contribution in [-0.4, -0.2) is 24.9 Å². The molecule has 0 unspecified atom stereocenters. The summed E-state index contributed by atoms with van der Waals surface area (Å²) in [6.45, 7) is 16.6. The maximum Gasteiger partial charge on any atom is 0.0674 e. The average Bonchev–Trinajstić information content (AvgIpc) is 2.00. The Morgan fingerprint density at radius 3 is 1.87 bits per heavy atom. The van der Waals surface area contributed by atoms with Gasteiger partial charge in [0, 0.05) is 13.2 Å². The Morgan fingerprint density at radius 1 is 0.933 bits per heavy atom. The summed E-state index contributed by atoms with van der Waals surface area (Å²) in [5.41, 5.74) is 0.0940. The van der Waals surface area contributed by atoms with Crippen LogP contribution >= 0.6 is 0 Å². The summed E-state index contributed by atoms with van der Waals surface area (Å²) >= 11 is 0. The van der Waals surface area contributed by atoms with Crippen LogP contribution in [0.5, 0.6) is 0 Å². The first-order valence-corrected chi connectivity index (χ1v) is 5.92. The van der Waals surface area contributed by atoms with E-state index in [1.54, 1.807) is 0 Å². The van der Waals surface area contributed by atoms with Crippen molar-refractivity contribution in [2.45, 2.75) is 66.6 Å². The van der Waals surface area contributed by atoms with Crippen molar-refractivity contribution in [3.63, 3.8) is 0 Å². The molecule has 0 fully saturated rings. The van der Waals surface area contributed by atoms with Crippen LogP contribution in [0, 0.1) is 5.41 Å². The molecule has 0 N–H and O–H groups in total. The minimum absolute atomic E-state index is 0.0785. The highest BCUT2D eigenvalue weighted by Gasteiger charge is 2.33. The second-order valence-electron chi connectivity index (χ2n) is 5.88. The van der Waals surface area contributed by atoms with E-state index in [0.717, 1.165) is 19.6 Å². The minimum atomic E-state index is -0.0785. The summed E-state index contributed by atoms with van der Waals surface area (Å²) in [4.78, 5) is 0. The van der Waals surface area contributed by atoms with Gasteiger partial charge in [-0.2, -0.15) is 0 Å². The van der Waals surface area contributed by atoms with Gasteiger partial charge in [0.25, 0.3) is 0 Å². The molecule has 0 aromatic rings. The minimum Gasteiger partial charge on any atom is -0.379 e. The fourth-order valence-corrected chi connectivity index (χ4v) is 0.922. The van der Waals surface area contributed by atoms with Crippen molar-refractivity contribution in [1.29, 1.82) is 0 Å². The van der Waals surface area contributed by atoms with Crippen LogP contribution in [0.15, 0.2) is 0 Å². The van der Waals surface area contributed by atoms with Crippen molar-refractivity contribution >= 4 is 0 Å². The molecule has 0 aromatic heterocycles. The zero-order valence-corrected chi connectivity index (χ0v) is 11.5. The molecule has 0 aliphatic rings. The van der Waals surface area contributed by atoms with Crippen LogP contribution in [0.2, 0.25) is 0 Å². The third kappa shape index (κ3) is 6.16. The van der Waals surface area contributed by atoms with E-state index < -0.39 is 0 Å². The molecule has 0 atom stereocenters. The molecule has 0 amide bonds. The summed E-state index contributed by atoms with van der Waals surface area (Å²) in [7, 11) is 0. The van der Waals surface area contributed by atoms with Crippen molar-refractivity contribution < 1.29 is 9.47 Å². The Morgan fingerprint density at radius 2 is 1.47 bits per heavy atom. The van der Waals surface area contributed by atoms with Gasteiger partial charge in [-0.05, 0) is 39.5 Å². The summed E-state index contributed by atoms with van der Waals surface area (Å²) in [6.07, 6.45) is 1.29. The van der Waals surface area contributed by atoms with Gasteiger partial charge in [0.15, 0.2) is 0 Å². The lowest BCUT2D eigenvalue weighted by Gasteiger charge is -2.38.